The summed E-state index contributed by atoms with van der Waals surface area (Å²) in [5.41, 5.74) is 6.99. The first-order valence-electron chi connectivity index (χ1n) is 22.7. The number of aromatic nitrogens is 5. The number of piperidine rings is 1. The van der Waals surface area contributed by atoms with Crippen molar-refractivity contribution in [1.82, 2.24) is 38.8 Å². The predicted molar refractivity (Wildman–Crippen MR) is 239 cm³/mol. The second kappa shape index (κ2) is 19.4. The molecule has 8 rings (SSSR count). The Morgan fingerprint density at radius 1 is 0.934 bits per heavy atom. The summed E-state index contributed by atoms with van der Waals surface area (Å²) >= 11 is 0. The highest BCUT2D eigenvalue weighted by Crippen LogP contribution is 2.37. The number of hydrogen-bond donors (Lipinski definition) is 3. The summed E-state index contributed by atoms with van der Waals surface area (Å²) in [4.78, 5) is 52.1. The van der Waals surface area contributed by atoms with Crippen molar-refractivity contribution in [2.45, 2.75) is 109 Å². The number of aliphatic hydroxyl groups is 1. The first-order valence-corrected chi connectivity index (χ1v) is 22.7. The Morgan fingerprint density at radius 2 is 1.70 bits per heavy atom. The number of imide groups is 1. The van der Waals surface area contributed by atoms with Crippen LogP contribution in [0.1, 0.15) is 107 Å². The Hall–Kier alpha value is -4.89. The van der Waals surface area contributed by atoms with Gasteiger partial charge in [-0.2, -0.15) is 4.98 Å². The van der Waals surface area contributed by atoms with Gasteiger partial charge in [0.2, 0.25) is 17.8 Å². The number of unbranched alkanes of at least 4 members (excludes halogenated alkanes) is 1. The van der Waals surface area contributed by atoms with Gasteiger partial charge in [0.05, 0.1) is 17.1 Å². The van der Waals surface area contributed by atoms with E-state index in [0.29, 0.717) is 36.6 Å². The van der Waals surface area contributed by atoms with Crippen molar-refractivity contribution in [1.29, 1.82) is 0 Å². The number of amides is 2. The molecule has 2 atom stereocenters. The number of nitrogens with one attached hydrogen (secondary N) is 2. The number of carbonyl (C=O) groups excluding carboxylic acids is 2. The Morgan fingerprint density at radius 3 is 2.46 bits per heavy atom. The van der Waals surface area contributed by atoms with Gasteiger partial charge in [0, 0.05) is 101 Å². The highest BCUT2D eigenvalue weighted by molar-refractivity contribution is 6.00. The number of aryl methyl sites for hydroxylation is 2. The first-order chi connectivity index (χ1) is 29.7. The zero-order valence-electron chi connectivity index (χ0n) is 36.2. The van der Waals surface area contributed by atoms with E-state index in [4.69, 9.17) is 14.7 Å². The minimum atomic E-state index is -0.676. The SMILES string of the molecule is CCCCNc1ncc2c(-c3ccc([C@H](C)N4CCN(CCCOCCCc5ccc6c(c5)n(C)c(=O)n6C5CCC(=O)NC5=O)CC4)cc3)cn([C@H]3CC[C@H](O)CC3)c2n1. The molecule has 61 heavy (non-hydrogen) atoms. The number of hydrogen-bond acceptors (Lipinski definition) is 10. The summed E-state index contributed by atoms with van der Waals surface area (Å²) in [6.07, 6.45) is 13.1. The quantitative estimate of drug-likeness (QED) is 0.0737. The van der Waals surface area contributed by atoms with E-state index >= 15 is 0 Å². The fourth-order valence-corrected chi connectivity index (χ4v) is 9.53. The standard InChI is InChI=1S/C47H63N9O5/c1-4-5-21-48-46-49-30-38-39(31-55(44(38)51-46)36-14-16-37(57)17-15-36)35-12-10-34(11-13-35)32(2)54-25-23-53(24-26-54)22-7-28-61-27-6-8-33-9-18-40-42(29-33)52(3)47(60)56(40)41-19-20-43(58)50-45(41)59/h9-13,18,29-32,36-37,41,57H,4-8,14-17,19-28H2,1-3H3,(H,48,49,51)(H,50,58,59)/t32-,36-,37-,41?/m0/s1. The molecule has 14 nitrogen and oxygen atoms in total. The molecule has 1 unspecified atom stereocenters. The molecule has 5 aromatic rings. The summed E-state index contributed by atoms with van der Waals surface area (Å²) in [7, 11) is 1.73. The molecule has 2 aromatic carbocycles. The monoisotopic (exact) mass is 833 g/mol. The van der Waals surface area contributed by atoms with Crippen LogP contribution in [0.4, 0.5) is 5.95 Å². The van der Waals surface area contributed by atoms with E-state index in [2.05, 4.69) is 69.3 Å². The largest absolute Gasteiger partial charge is 0.393 e. The third kappa shape index (κ3) is 9.62. The van der Waals surface area contributed by atoms with Gasteiger partial charge in [-0.1, -0.05) is 43.7 Å². The second-order valence-corrected chi connectivity index (χ2v) is 17.4. The van der Waals surface area contributed by atoms with Crippen molar-refractivity contribution in [2.75, 3.05) is 57.8 Å². The maximum atomic E-state index is 13.1. The lowest BCUT2D eigenvalue weighted by Crippen LogP contribution is -2.47. The minimum Gasteiger partial charge on any atom is -0.393 e. The molecule has 1 aliphatic carbocycles. The molecule has 0 spiro atoms. The van der Waals surface area contributed by atoms with Crippen LogP contribution in [0.15, 0.2) is 59.7 Å². The van der Waals surface area contributed by atoms with E-state index in [1.807, 2.05) is 24.4 Å². The van der Waals surface area contributed by atoms with Crippen LogP contribution in [0.5, 0.6) is 0 Å². The molecule has 3 N–H and O–H groups in total. The number of carbonyl (C=O) groups is 2. The molecule has 2 saturated heterocycles. The van der Waals surface area contributed by atoms with Crippen LogP contribution in [-0.4, -0.2) is 109 Å². The summed E-state index contributed by atoms with van der Waals surface area (Å²) in [6.45, 7) is 12.0. The molecule has 2 aliphatic heterocycles. The Kier molecular flexibility index (Phi) is 13.6. The first kappa shape index (κ1) is 42.8. The number of aliphatic hydroxyl groups excluding tert-OH is 1. The topological polar surface area (TPSA) is 152 Å². The average Bonchev–Trinajstić information content (AvgIpc) is 3.77. The van der Waals surface area contributed by atoms with Crippen LogP contribution in [0.3, 0.4) is 0 Å². The molecule has 3 aromatic heterocycles. The van der Waals surface area contributed by atoms with Crippen LogP contribution >= 0.6 is 0 Å². The van der Waals surface area contributed by atoms with Crippen molar-refractivity contribution >= 4 is 39.8 Å². The normalized spacial score (nSPS) is 21.0. The molecule has 326 valence electrons. The van der Waals surface area contributed by atoms with E-state index in [1.165, 1.54) is 15.7 Å². The average molecular weight is 834 g/mol. The molecule has 5 heterocycles. The van der Waals surface area contributed by atoms with Gasteiger partial charge in [-0.15, -0.1) is 0 Å². The van der Waals surface area contributed by atoms with E-state index < -0.39 is 11.9 Å². The van der Waals surface area contributed by atoms with Crippen LogP contribution in [0, 0.1) is 0 Å². The molecule has 3 aliphatic rings. The maximum Gasteiger partial charge on any atom is 0.329 e. The van der Waals surface area contributed by atoms with Gasteiger partial charge in [-0.05, 0) is 93.5 Å². The molecule has 1 saturated carbocycles. The molecular weight excluding hydrogens is 771 g/mol. The van der Waals surface area contributed by atoms with Gasteiger partial charge in [0.15, 0.2) is 0 Å². The van der Waals surface area contributed by atoms with Crippen molar-refractivity contribution in [3.05, 3.63) is 76.5 Å². The molecule has 0 bridgehead atoms. The number of ether oxygens (including phenoxy) is 1. The number of benzene rings is 2. The fraction of sp³-hybridized carbons (Fsp3) is 0.553. The van der Waals surface area contributed by atoms with Crippen molar-refractivity contribution < 1.29 is 19.4 Å². The van der Waals surface area contributed by atoms with Crippen molar-refractivity contribution in [3.8, 4) is 11.1 Å². The lowest BCUT2D eigenvalue weighted by atomic mass is 9.93. The number of piperazine rings is 1. The van der Waals surface area contributed by atoms with E-state index in [1.54, 1.807) is 11.6 Å². The van der Waals surface area contributed by atoms with Crippen LogP contribution in [0.2, 0.25) is 0 Å². The smallest absolute Gasteiger partial charge is 0.329 e. The van der Waals surface area contributed by atoms with Crippen LogP contribution in [-0.2, 0) is 27.8 Å². The zero-order chi connectivity index (χ0) is 42.5. The summed E-state index contributed by atoms with van der Waals surface area (Å²) < 4.78 is 11.5. The Bertz CT molecular complexity index is 2350. The predicted octanol–water partition coefficient (Wildman–Crippen LogP) is 6.14. The molecule has 2 amide bonds. The Labute approximate surface area is 358 Å². The maximum absolute atomic E-state index is 13.1. The summed E-state index contributed by atoms with van der Waals surface area (Å²) in [5.74, 6) is -0.0324. The highest BCUT2D eigenvalue weighted by atomic mass is 16.5. The van der Waals surface area contributed by atoms with Crippen molar-refractivity contribution in [2.24, 2.45) is 7.05 Å². The van der Waals surface area contributed by atoms with E-state index in [-0.39, 0.29) is 24.1 Å². The molecule has 0 radical (unpaired) electrons. The number of fused-ring (bicyclic) bond motifs is 2. The second-order valence-electron chi connectivity index (χ2n) is 17.4. The van der Waals surface area contributed by atoms with Gasteiger partial charge in [-0.3, -0.25) is 28.9 Å². The van der Waals surface area contributed by atoms with Gasteiger partial charge in [0.25, 0.3) is 0 Å². The fourth-order valence-electron chi connectivity index (χ4n) is 9.53. The van der Waals surface area contributed by atoms with Gasteiger partial charge in [-0.25, -0.2) is 9.78 Å². The number of nitrogens with zero attached hydrogens (tertiary/aromatic N) is 7. The van der Waals surface area contributed by atoms with E-state index in [9.17, 15) is 19.5 Å². The molecular formula is C47H63N9O5. The number of rotatable bonds is 17. The lowest BCUT2D eigenvalue weighted by Gasteiger charge is -2.38. The third-order valence-electron chi connectivity index (χ3n) is 13.3. The van der Waals surface area contributed by atoms with Gasteiger partial charge < -0.3 is 24.6 Å². The third-order valence-corrected chi connectivity index (χ3v) is 13.3. The molecule has 3 fully saturated rings. The minimum absolute atomic E-state index is 0.202. The van der Waals surface area contributed by atoms with Gasteiger partial charge in [0.1, 0.15) is 11.7 Å². The number of anilines is 1. The lowest BCUT2D eigenvalue weighted by molar-refractivity contribution is -0.135. The zero-order valence-corrected chi connectivity index (χ0v) is 36.2. The molecule has 14 heteroatoms. The summed E-state index contributed by atoms with van der Waals surface area (Å²) in [6, 6.07) is 15.0. The summed E-state index contributed by atoms with van der Waals surface area (Å²) in [5, 5.41) is 17.0. The van der Waals surface area contributed by atoms with Crippen molar-refractivity contribution in [3.63, 3.8) is 0 Å². The highest BCUT2D eigenvalue weighted by Gasteiger charge is 2.31. The van der Waals surface area contributed by atoms with Crippen LogP contribution < -0.4 is 16.3 Å². The Balaban J connectivity index is 0.781. The van der Waals surface area contributed by atoms with E-state index in [0.717, 1.165) is 131 Å². The number of imidazole rings is 1. The van der Waals surface area contributed by atoms with Gasteiger partial charge >= 0.3 is 5.69 Å². The van der Waals surface area contributed by atoms with Crippen LogP contribution in [0.25, 0.3) is 33.2 Å².